The Hall–Kier alpha value is -2.76. The molecule has 1 aromatic carbocycles. The second kappa shape index (κ2) is 6.34. The van der Waals surface area contributed by atoms with Gasteiger partial charge in [-0.3, -0.25) is 0 Å². The molecule has 0 aliphatic heterocycles. The minimum Gasteiger partial charge on any atom is -0.480 e. The topological polar surface area (TPSA) is 73.9 Å². The quantitative estimate of drug-likeness (QED) is 0.719. The summed E-state index contributed by atoms with van der Waals surface area (Å²) in [7, 11) is 0. The van der Waals surface area contributed by atoms with Gasteiger partial charge in [0.1, 0.15) is 11.4 Å². The maximum atomic E-state index is 5.98. The first-order valence-corrected chi connectivity index (χ1v) is 7.07. The van der Waals surface area contributed by atoms with E-state index in [1.54, 1.807) is 18.3 Å². The SMILES string of the molecule is CC(C)[C@H](Oc1ccccc1)c1nc(-c2cccnn2)no1. The summed E-state index contributed by atoms with van der Waals surface area (Å²) in [5, 5.41) is 11.8. The maximum Gasteiger partial charge on any atom is 0.268 e. The van der Waals surface area contributed by atoms with Crippen molar-refractivity contribution in [2.24, 2.45) is 5.92 Å². The summed E-state index contributed by atoms with van der Waals surface area (Å²) in [5.74, 6) is 1.78. The average molecular weight is 296 g/mol. The lowest BCUT2D eigenvalue weighted by Gasteiger charge is -2.18. The maximum absolute atomic E-state index is 5.98. The van der Waals surface area contributed by atoms with Crippen molar-refractivity contribution in [3.63, 3.8) is 0 Å². The molecule has 2 aromatic heterocycles. The fraction of sp³-hybridized carbons (Fsp3) is 0.250. The van der Waals surface area contributed by atoms with E-state index >= 15 is 0 Å². The van der Waals surface area contributed by atoms with Crippen LogP contribution in [0.2, 0.25) is 0 Å². The van der Waals surface area contributed by atoms with Gasteiger partial charge >= 0.3 is 0 Å². The third-order valence-electron chi connectivity index (χ3n) is 3.10. The molecule has 0 radical (unpaired) electrons. The molecular formula is C16H16N4O2. The highest BCUT2D eigenvalue weighted by molar-refractivity contribution is 5.46. The molecule has 112 valence electrons. The van der Waals surface area contributed by atoms with E-state index in [0.29, 0.717) is 17.4 Å². The lowest BCUT2D eigenvalue weighted by atomic mass is 10.1. The molecule has 2 heterocycles. The molecule has 3 aromatic rings. The van der Waals surface area contributed by atoms with Crippen LogP contribution in [0.4, 0.5) is 0 Å². The fourth-order valence-corrected chi connectivity index (χ4v) is 1.99. The second-order valence-corrected chi connectivity index (χ2v) is 5.16. The van der Waals surface area contributed by atoms with E-state index in [0.717, 1.165) is 5.75 Å². The molecule has 0 saturated heterocycles. The molecule has 0 fully saturated rings. The van der Waals surface area contributed by atoms with Gasteiger partial charge in [0, 0.05) is 6.20 Å². The Labute approximate surface area is 128 Å². The summed E-state index contributed by atoms with van der Waals surface area (Å²) < 4.78 is 11.3. The van der Waals surface area contributed by atoms with E-state index < -0.39 is 0 Å². The number of nitrogens with zero attached hydrogens (tertiary/aromatic N) is 4. The molecule has 0 aliphatic carbocycles. The Kier molecular flexibility index (Phi) is 4.09. The highest BCUT2D eigenvalue weighted by atomic mass is 16.5. The van der Waals surface area contributed by atoms with E-state index in [1.165, 1.54) is 0 Å². The summed E-state index contributed by atoms with van der Waals surface area (Å²) in [6, 6.07) is 13.1. The van der Waals surface area contributed by atoms with E-state index in [1.807, 2.05) is 44.2 Å². The standard InChI is InChI=1S/C16H16N4O2/c1-11(2)14(21-12-7-4-3-5-8-12)16-18-15(20-22-16)13-9-6-10-17-19-13/h3-11,14H,1-2H3/t14-/m0/s1. The lowest BCUT2D eigenvalue weighted by Crippen LogP contribution is -2.14. The van der Waals surface area contributed by atoms with Gasteiger partial charge in [-0.2, -0.15) is 10.1 Å². The number of hydrogen-bond acceptors (Lipinski definition) is 6. The zero-order valence-electron chi connectivity index (χ0n) is 12.4. The van der Waals surface area contributed by atoms with Crippen molar-refractivity contribution in [2.75, 3.05) is 0 Å². The molecule has 6 nitrogen and oxygen atoms in total. The van der Waals surface area contributed by atoms with Gasteiger partial charge in [-0.05, 0) is 30.2 Å². The smallest absolute Gasteiger partial charge is 0.268 e. The van der Waals surface area contributed by atoms with Crippen LogP contribution in [0.5, 0.6) is 5.75 Å². The molecule has 1 atom stereocenters. The predicted molar refractivity (Wildman–Crippen MR) is 80.0 cm³/mol. The van der Waals surface area contributed by atoms with E-state index in [2.05, 4.69) is 20.3 Å². The van der Waals surface area contributed by atoms with Crippen LogP contribution in [0.1, 0.15) is 25.8 Å². The summed E-state index contributed by atoms with van der Waals surface area (Å²) in [6.07, 6.45) is 1.28. The van der Waals surface area contributed by atoms with Crippen LogP contribution in [0.3, 0.4) is 0 Å². The zero-order chi connectivity index (χ0) is 15.4. The highest BCUT2D eigenvalue weighted by Gasteiger charge is 2.25. The zero-order valence-corrected chi connectivity index (χ0v) is 12.4. The van der Waals surface area contributed by atoms with Gasteiger partial charge < -0.3 is 9.26 Å². The monoisotopic (exact) mass is 296 g/mol. The van der Waals surface area contributed by atoms with E-state index in [4.69, 9.17) is 9.26 Å². The van der Waals surface area contributed by atoms with Gasteiger partial charge in [0.15, 0.2) is 6.10 Å². The van der Waals surface area contributed by atoms with Crippen LogP contribution in [0.25, 0.3) is 11.5 Å². The van der Waals surface area contributed by atoms with Gasteiger partial charge in [-0.1, -0.05) is 37.2 Å². The van der Waals surface area contributed by atoms with Crippen LogP contribution in [0.15, 0.2) is 53.2 Å². The molecule has 6 heteroatoms. The molecule has 0 bridgehead atoms. The lowest BCUT2D eigenvalue weighted by molar-refractivity contribution is 0.114. The molecular weight excluding hydrogens is 280 g/mol. The third kappa shape index (κ3) is 3.11. The summed E-state index contributed by atoms with van der Waals surface area (Å²) in [6.45, 7) is 4.08. The molecule has 0 unspecified atom stereocenters. The Balaban J connectivity index is 1.85. The number of hydrogen-bond donors (Lipinski definition) is 0. The number of para-hydroxylation sites is 1. The van der Waals surface area contributed by atoms with Crippen LogP contribution in [0, 0.1) is 5.92 Å². The summed E-state index contributed by atoms with van der Waals surface area (Å²) >= 11 is 0. The van der Waals surface area contributed by atoms with Crippen molar-refractivity contribution in [1.29, 1.82) is 0 Å². The number of ether oxygens (including phenoxy) is 1. The van der Waals surface area contributed by atoms with Gasteiger partial charge in [0.2, 0.25) is 5.82 Å². The molecule has 0 N–H and O–H groups in total. The Morgan fingerprint density at radius 3 is 2.55 bits per heavy atom. The average Bonchev–Trinajstić information content (AvgIpc) is 3.04. The largest absolute Gasteiger partial charge is 0.480 e. The van der Waals surface area contributed by atoms with E-state index in [-0.39, 0.29) is 12.0 Å². The van der Waals surface area contributed by atoms with Gasteiger partial charge in [0.25, 0.3) is 5.89 Å². The van der Waals surface area contributed by atoms with Crippen LogP contribution >= 0.6 is 0 Å². The predicted octanol–water partition coefficient (Wildman–Crippen LogP) is 3.30. The first-order valence-electron chi connectivity index (χ1n) is 7.07. The summed E-state index contributed by atoms with van der Waals surface area (Å²) in [4.78, 5) is 4.39. The molecule has 0 aliphatic rings. The van der Waals surface area contributed by atoms with Gasteiger partial charge in [-0.25, -0.2) is 0 Å². The minimum atomic E-state index is -0.319. The van der Waals surface area contributed by atoms with Crippen molar-refractivity contribution < 1.29 is 9.26 Å². The Morgan fingerprint density at radius 1 is 1.05 bits per heavy atom. The number of aromatic nitrogens is 4. The van der Waals surface area contributed by atoms with Crippen molar-refractivity contribution >= 4 is 0 Å². The van der Waals surface area contributed by atoms with Crippen molar-refractivity contribution in [3.05, 3.63) is 54.6 Å². The summed E-state index contributed by atoms with van der Waals surface area (Å²) in [5.41, 5.74) is 0.569. The van der Waals surface area contributed by atoms with Crippen molar-refractivity contribution in [3.8, 4) is 17.3 Å². The van der Waals surface area contributed by atoms with E-state index in [9.17, 15) is 0 Å². The molecule has 22 heavy (non-hydrogen) atoms. The number of rotatable bonds is 5. The first kappa shape index (κ1) is 14.2. The minimum absolute atomic E-state index is 0.176. The highest BCUT2D eigenvalue weighted by Crippen LogP contribution is 2.28. The van der Waals surface area contributed by atoms with Crippen LogP contribution in [-0.2, 0) is 0 Å². The van der Waals surface area contributed by atoms with Crippen LogP contribution in [-0.4, -0.2) is 20.3 Å². The second-order valence-electron chi connectivity index (χ2n) is 5.16. The van der Waals surface area contributed by atoms with Crippen molar-refractivity contribution in [2.45, 2.75) is 20.0 Å². The Morgan fingerprint density at radius 2 is 1.86 bits per heavy atom. The molecule has 3 rings (SSSR count). The third-order valence-corrected chi connectivity index (χ3v) is 3.10. The Bertz CT molecular complexity index is 713. The number of benzene rings is 1. The van der Waals surface area contributed by atoms with Gasteiger partial charge in [-0.15, -0.1) is 5.10 Å². The molecule has 0 amide bonds. The molecule has 0 saturated carbocycles. The van der Waals surface area contributed by atoms with Gasteiger partial charge in [0.05, 0.1) is 0 Å². The molecule has 0 spiro atoms. The van der Waals surface area contributed by atoms with Crippen molar-refractivity contribution in [1.82, 2.24) is 20.3 Å². The first-order chi connectivity index (χ1) is 10.7. The normalized spacial score (nSPS) is 12.3. The fourth-order valence-electron chi connectivity index (χ4n) is 1.99. The van der Waals surface area contributed by atoms with Crippen LogP contribution < -0.4 is 4.74 Å².